The molecule has 0 saturated heterocycles. The number of phenolic OH excluding ortho intramolecular Hbond substituents is 1. The molecule has 0 amide bonds. The van der Waals surface area contributed by atoms with Crippen LogP contribution in [0.5, 0.6) is 5.75 Å². The van der Waals surface area contributed by atoms with Crippen molar-refractivity contribution in [1.82, 2.24) is 0 Å². The van der Waals surface area contributed by atoms with Gasteiger partial charge >= 0.3 is 0 Å². The van der Waals surface area contributed by atoms with Gasteiger partial charge in [-0.2, -0.15) is 0 Å². The maximum Gasteiger partial charge on any atom is 0.128 e. The molecule has 0 heterocycles. The summed E-state index contributed by atoms with van der Waals surface area (Å²) in [5.41, 5.74) is 3.47. The molecule has 0 bridgehead atoms. The maximum absolute atomic E-state index is 9.49. The van der Waals surface area contributed by atoms with E-state index in [1.54, 1.807) is 6.07 Å². The summed E-state index contributed by atoms with van der Waals surface area (Å²) in [7, 11) is 4.05. The first-order chi connectivity index (χ1) is 8.08. The van der Waals surface area contributed by atoms with E-state index >= 15 is 0 Å². The summed E-state index contributed by atoms with van der Waals surface area (Å²) in [6.45, 7) is 0. The molecule has 2 aromatic rings. The fourth-order valence-corrected chi connectivity index (χ4v) is 2.15. The molecule has 88 valence electrons. The van der Waals surface area contributed by atoms with Gasteiger partial charge in [0.2, 0.25) is 0 Å². The van der Waals surface area contributed by atoms with Gasteiger partial charge in [-0.05, 0) is 58.0 Å². The molecule has 17 heavy (non-hydrogen) atoms. The van der Waals surface area contributed by atoms with Crippen LogP contribution in [0, 0.1) is 3.57 Å². The minimum Gasteiger partial charge on any atom is -0.507 e. The number of hydrogen-bond donors (Lipinski definition) is 1. The second-order valence-electron chi connectivity index (χ2n) is 4.11. The molecule has 0 radical (unpaired) electrons. The van der Waals surface area contributed by atoms with Gasteiger partial charge in [-0.15, -0.1) is 0 Å². The van der Waals surface area contributed by atoms with Crippen molar-refractivity contribution in [2.24, 2.45) is 0 Å². The fraction of sp³-hybridized carbons (Fsp3) is 0.143. The molecule has 0 aliphatic carbocycles. The van der Waals surface area contributed by atoms with Gasteiger partial charge in [0.15, 0.2) is 0 Å². The van der Waals surface area contributed by atoms with Gasteiger partial charge in [0.1, 0.15) is 5.75 Å². The number of benzene rings is 2. The monoisotopic (exact) mass is 339 g/mol. The summed E-state index contributed by atoms with van der Waals surface area (Å²) in [5, 5.41) is 9.49. The van der Waals surface area contributed by atoms with E-state index in [0.29, 0.717) is 5.75 Å². The molecule has 2 nitrogen and oxygen atoms in total. The van der Waals surface area contributed by atoms with Crippen molar-refractivity contribution < 1.29 is 5.11 Å². The molecule has 0 atom stereocenters. The zero-order chi connectivity index (χ0) is 12.4. The molecule has 0 aliphatic heterocycles. The fourth-order valence-electron chi connectivity index (χ4n) is 1.64. The maximum atomic E-state index is 9.49. The summed E-state index contributed by atoms with van der Waals surface area (Å²) >= 11 is 2.14. The summed E-state index contributed by atoms with van der Waals surface area (Å²) in [5.74, 6) is 0.333. The zero-order valence-electron chi connectivity index (χ0n) is 9.81. The molecular formula is C14H14INO. The van der Waals surface area contributed by atoms with Crippen LogP contribution in [0.2, 0.25) is 0 Å². The van der Waals surface area contributed by atoms with Crippen molar-refractivity contribution in [2.45, 2.75) is 0 Å². The van der Waals surface area contributed by atoms with Crippen LogP contribution in [0.3, 0.4) is 0 Å². The third kappa shape index (κ3) is 2.72. The third-order valence-corrected chi connectivity index (χ3v) is 3.53. The molecule has 0 aromatic heterocycles. The number of aromatic hydroxyl groups is 1. The van der Waals surface area contributed by atoms with Gasteiger partial charge in [-0.25, -0.2) is 0 Å². The van der Waals surface area contributed by atoms with Crippen LogP contribution in [0.4, 0.5) is 5.69 Å². The molecule has 1 N–H and O–H groups in total. The van der Waals surface area contributed by atoms with E-state index < -0.39 is 0 Å². The molecule has 0 spiro atoms. The highest BCUT2D eigenvalue weighted by molar-refractivity contribution is 14.1. The molecule has 0 fully saturated rings. The summed E-state index contributed by atoms with van der Waals surface area (Å²) in [6.07, 6.45) is 0. The molecule has 2 aromatic carbocycles. The normalized spacial score (nSPS) is 10.3. The number of hydrogen-bond acceptors (Lipinski definition) is 2. The van der Waals surface area contributed by atoms with Gasteiger partial charge in [-0.3, -0.25) is 0 Å². The van der Waals surface area contributed by atoms with Crippen LogP contribution < -0.4 is 4.90 Å². The van der Waals surface area contributed by atoms with E-state index in [4.69, 9.17) is 0 Å². The zero-order valence-corrected chi connectivity index (χ0v) is 12.0. The number of rotatable bonds is 2. The van der Waals surface area contributed by atoms with Crippen LogP contribution >= 0.6 is 22.6 Å². The van der Waals surface area contributed by atoms with Crippen LogP contribution in [-0.2, 0) is 0 Å². The Labute approximate surface area is 115 Å². The minimum atomic E-state index is 0.333. The molecule has 0 aliphatic rings. The van der Waals surface area contributed by atoms with E-state index in [0.717, 1.165) is 14.7 Å². The number of nitrogens with zero attached hydrogens (tertiary/aromatic N) is 1. The topological polar surface area (TPSA) is 23.5 Å². The molecule has 2 rings (SSSR count). The lowest BCUT2D eigenvalue weighted by atomic mass is 10.1. The van der Waals surface area contributed by atoms with Gasteiger partial charge in [0, 0.05) is 19.8 Å². The first-order valence-corrected chi connectivity index (χ1v) is 6.42. The smallest absolute Gasteiger partial charge is 0.128 e. The van der Waals surface area contributed by atoms with Gasteiger partial charge in [0.05, 0.1) is 3.57 Å². The Kier molecular flexibility index (Phi) is 3.57. The van der Waals surface area contributed by atoms with Crippen molar-refractivity contribution in [3.8, 4) is 16.9 Å². The minimum absolute atomic E-state index is 0.333. The van der Waals surface area contributed by atoms with Crippen LogP contribution in [0.15, 0.2) is 42.5 Å². The first kappa shape index (κ1) is 12.2. The molecule has 0 saturated carbocycles. The largest absolute Gasteiger partial charge is 0.507 e. The van der Waals surface area contributed by atoms with Gasteiger partial charge < -0.3 is 10.0 Å². The highest BCUT2D eigenvalue weighted by Gasteiger charge is 2.02. The van der Waals surface area contributed by atoms with E-state index in [2.05, 4.69) is 51.8 Å². The third-order valence-electron chi connectivity index (χ3n) is 2.66. The quantitative estimate of drug-likeness (QED) is 0.843. The Hall–Kier alpha value is -1.23. The molecular weight excluding hydrogens is 325 g/mol. The summed E-state index contributed by atoms with van der Waals surface area (Å²) in [6, 6.07) is 14.0. The number of halogens is 1. The lowest BCUT2D eigenvalue weighted by Crippen LogP contribution is -2.07. The van der Waals surface area contributed by atoms with Gasteiger partial charge in [0.25, 0.3) is 0 Å². The van der Waals surface area contributed by atoms with Crippen molar-refractivity contribution >= 4 is 28.3 Å². The highest BCUT2D eigenvalue weighted by atomic mass is 127. The van der Waals surface area contributed by atoms with Crippen LogP contribution in [-0.4, -0.2) is 19.2 Å². The standard InChI is InChI=1S/C14H14INO/c1-16(2)12-6-3-10(4-7-12)11-5-8-14(17)13(15)9-11/h3-9,17H,1-2H3. The van der Waals surface area contributed by atoms with Crippen molar-refractivity contribution in [1.29, 1.82) is 0 Å². The van der Waals surface area contributed by atoms with Crippen LogP contribution in [0.25, 0.3) is 11.1 Å². The summed E-state index contributed by atoms with van der Waals surface area (Å²) < 4.78 is 0.872. The van der Waals surface area contributed by atoms with E-state index in [1.165, 1.54) is 5.69 Å². The Morgan fingerprint density at radius 2 is 1.53 bits per heavy atom. The first-order valence-electron chi connectivity index (χ1n) is 5.34. The Balaban J connectivity index is 2.36. The lowest BCUT2D eigenvalue weighted by molar-refractivity contribution is 0.471. The Bertz CT molecular complexity index is 520. The molecule has 0 unspecified atom stereocenters. The average molecular weight is 339 g/mol. The van der Waals surface area contributed by atoms with Crippen molar-refractivity contribution in [3.63, 3.8) is 0 Å². The summed E-state index contributed by atoms with van der Waals surface area (Å²) in [4.78, 5) is 2.07. The second kappa shape index (κ2) is 4.96. The molecule has 3 heteroatoms. The predicted octanol–water partition coefficient (Wildman–Crippen LogP) is 3.73. The van der Waals surface area contributed by atoms with E-state index in [9.17, 15) is 5.11 Å². The number of anilines is 1. The lowest BCUT2D eigenvalue weighted by Gasteiger charge is -2.12. The van der Waals surface area contributed by atoms with Crippen molar-refractivity contribution in [3.05, 3.63) is 46.0 Å². The highest BCUT2D eigenvalue weighted by Crippen LogP contribution is 2.28. The Morgan fingerprint density at radius 1 is 0.941 bits per heavy atom. The van der Waals surface area contributed by atoms with Crippen LogP contribution in [0.1, 0.15) is 0 Å². The average Bonchev–Trinajstić information content (AvgIpc) is 2.33. The van der Waals surface area contributed by atoms with Gasteiger partial charge in [-0.1, -0.05) is 18.2 Å². The Morgan fingerprint density at radius 3 is 2.06 bits per heavy atom. The van der Waals surface area contributed by atoms with E-state index in [1.807, 2.05) is 26.2 Å². The number of phenols is 1. The van der Waals surface area contributed by atoms with Crippen molar-refractivity contribution in [2.75, 3.05) is 19.0 Å². The second-order valence-corrected chi connectivity index (χ2v) is 5.27. The van der Waals surface area contributed by atoms with E-state index in [-0.39, 0.29) is 0 Å². The predicted molar refractivity (Wildman–Crippen MR) is 80.6 cm³/mol. The SMILES string of the molecule is CN(C)c1ccc(-c2ccc(O)c(I)c2)cc1.